The Morgan fingerprint density at radius 3 is 2.22 bits per heavy atom. The number of amides is 1. The second-order valence-electron chi connectivity index (χ2n) is 5.96. The minimum atomic E-state index is -4.56. The third kappa shape index (κ3) is 5.22. The first-order valence-corrected chi connectivity index (χ1v) is 9.63. The number of benzene rings is 2. The van der Waals surface area contributed by atoms with Gasteiger partial charge in [-0.3, -0.25) is 9.52 Å². The molecule has 0 saturated heterocycles. The van der Waals surface area contributed by atoms with Gasteiger partial charge in [0.25, 0.3) is 15.9 Å². The number of hydrogen-bond donors (Lipinski definition) is 2. The lowest BCUT2D eigenvalue weighted by Crippen LogP contribution is -2.32. The summed E-state index contributed by atoms with van der Waals surface area (Å²) in [6, 6.07) is 9.02. The fourth-order valence-electron chi connectivity index (χ4n) is 2.20. The molecule has 9 heteroatoms. The van der Waals surface area contributed by atoms with Crippen LogP contribution in [0.2, 0.25) is 0 Å². The summed E-state index contributed by atoms with van der Waals surface area (Å²) in [5, 5.41) is 2.74. The third-order valence-electron chi connectivity index (χ3n) is 3.90. The number of halogens is 3. The normalized spacial score (nSPS) is 13.1. The minimum absolute atomic E-state index is 0.0400. The molecule has 1 atom stereocenters. The molecule has 0 aliphatic carbocycles. The molecule has 0 aliphatic rings. The molecule has 27 heavy (non-hydrogen) atoms. The molecule has 0 bridgehead atoms. The number of alkyl halides is 3. The van der Waals surface area contributed by atoms with Gasteiger partial charge < -0.3 is 5.32 Å². The lowest BCUT2D eigenvalue weighted by Gasteiger charge is -2.15. The summed E-state index contributed by atoms with van der Waals surface area (Å²) in [7, 11) is -4.16. The highest BCUT2D eigenvalue weighted by atomic mass is 32.2. The fraction of sp³-hybridized carbons (Fsp3) is 0.278. The molecule has 2 rings (SSSR count). The SMILES string of the molecule is CC[C@H](C)NC(=O)c1ccccc1NS(=O)(=O)c1ccc(C(F)(F)F)cc1. The molecule has 146 valence electrons. The van der Waals surface area contributed by atoms with E-state index in [-0.39, 0.29) is 22.2 Å². The summed E-state index contributed by atoms with van der Waals surface area (Å²) in [6.45, 7) is 3.71. The first kappa shape index (κ1) is 20.8. The van der Waals surface area contributed by atoms with Gasteiger partial charge >= 0.3 is 6.18 Å². The Balaban J connectivity index is 2.29. The van der Waals surface area contributed by atoms with Crippen LogP contribution < -0.4 is 10.0 Å². The molecule has 0 aromatic heterocycles. The molecule has 0 radical (unpaired) electrons. The summed E-state index contributed by atoms with van der Waals surface area (Å²) in [4.78, 5) is 12.0. The number of nitrogens with one attached hydrogen (secondary N) is 2. The number of carbonyl (C=O) groups is 1. The summed E-state index contributed by atoms with van der Waals surface area (Å²) >= 11 is 0. The largest absolute Gasteiger partial charge is 0.416 e. The van der Waals surface area contributed by atoms with E-state index >= 15 is 0 Å². The Hall–Kier alpha value is -2.55. The maximum atomic E-state index is 12.6. The first-order valence-electron chi connectivity index (χ1n) is 8.14. The Bertz CT molecular complexity index is 910. The lowest BCUT2D eigenvalue weighted by molar-refractivity contribution is -0.137. The third-order valence-corrected chi connectivity index (χ3v) is 5.28. The Morgan fingerprint density at radius 2 is 1.67 bits per heavy atom. The summed E-state index contributed by atoms with van der Waals surface area (Å²) < 4.78 is 65.1. The number of para-hydroxylation sites is 1. The van der Waals surface area contributed by atoms with Crippen LogP contribution in [0.1, 0.15) is 36.2 Å². The van der Waals surface area contributed by atoms with E-state index in [1.807, 2.05) is 13.8 Å². The number of rotatable bonds is 6. The zero-order valence-electron chi connectivity index (χ0n) is 14.7. The monoisotopic (exact) mass is 400 g/mol. The second-order valence-corrected chi connectivity index (χ2v) is 7.64. The van der Waals surface area contributed by atoms with Crippen molar-refractivity contribution in [1.82, 2.24) is 5.32 Å². The highest BCUT2D eigenvalue weighted by Crippen LogP contribution is 2.30. The van der Waals surface area contributed by atoms with Crippen molar-refractivity contribution in [3.8, 4) is 0 Å². The summed E-state index contributed by atoms with van der Waals surface area (Å²) in [5.41, 5.74) is -0.790. The van der Waals surface area contributed by atoms with Crippen molar-refractivity contribution in [2.24, 2.45) is 0 Å². The highest BCUT2D eigenvalue weighted by Gasteiger charge is 2.30. The van der Waals surface area contributed by atoms with Crippen LogP contribution in [0.5, 0.6) is 0 Å². The Labute approximate surface area is 155 Å². The number of carbonyl (C=O) groups excluding carboxylic acids is 1. The Kier molecular flexibility index (Phi) is 6.15. The maximum absolute atomic E-state index is 12.6. The fourth-order valence-corrected chi connectivity index (χ4v) is 3.28. The van der Waals surface area contributed by atoms with Crippen molar-refractivity contribution in [2.75, 3.05) is 4.72 Å². The van der Waals surface area contributed by atoms with Crippen LogP contribution in [0.3, 0.4) is 0 Å². The molecule has 5 nitrogen and oxygen atoms in total. The van der Waals surface area contributed by atoms with E-state index < -0.39 is 27.7 Å². The second kappa shape index (κ2) is 7.99. The van der Waals surface area contributed by atoms with E-state index in [2.05, 4.69) is 10.0 Å². The van der Waals surface area contributed by atoms with Crippen molar-refractivity contribution in [3.63, 3.8) is 0 Å². The highest BCUT2D eigenvalue weighted by molar-refractivity contribution is 7.92. The molecule has 2 N–H and O–H groups in total. The van der Waals surface area contributed by atoms with Crippen LogP contribution in [0.15, 0.2) is 53.4 Å². The van der Waals surface area contributed by atoms with Crippen molar-refractivity contribution >= 4 is 21.6 Å². The lowest BCUT2D eigenvalue weighted by atomic mass is 10.1. The van der Waals surface area contributed by atoms with Gasteiger partial charge in [0.2, 0.25) is 0 Å². The van der Waals surface area contributed by atoms with Gasteiger partial charge in [-0.25, -0.2) is 8.42 Å². The first-order chi connectivity index (χ1) is 12.5. The van der Waals surface area contributed by atoms with Gasteiger partial charge in [0.05, 0.1) is 21.7 Å². The minimum Gasteiger partial charge on any atom is -0.350 e. The van der Waals surface area contributed by atoms with Crippen molar-refractivity contribution in [1.29, 1.82) is 0 Å². The van der Waals surface area contributed by atoms with Crippen LogP contribution in [0.25, 0.3) is 0 Å². The zero-order chi connectivity index (χ0) is 20.2. The zero-order valence-corrected chi connectivity index (χ0v) is 15.5. The molecule has 2 aromatic rings. The predicted octanol–water partition coefficient (Wildman–Crippen LogP) is 4.03. The van der Waals surface area contributed by atoms with E-state index in [9.17, 15) is 26.4 Å². The average Bonchev–Trinajstić information content (AvgIpc) is 2.61. The summed E-state index contributed by atoms with van der Waals surface area (Å²) in [6.07, 6.45) is -3.86. The van der Waals surface area contributed by atoms with Gasteiger partial charge in [-0.15, -0.1) is 0 Å². The van der Waals surface area contributed by atoms with Crippen molar-refractivity contribution < 1.29 is 26.4 Å². The van der Waals surface area contributed by atoms with Gasteiger partial charge in [-0.2, -0.15) is 13.2 Å². The standard InChI is InChI=1S/C18H19F3N2O3S/c1-3-12(2)22-17(24)15-6-4-5-7-16(15)23-27(25,26)14-10-8-13(9-11-14)18(19,20)21/h4-12,23H,3H2,1-2H3,(H,22,24)/t12-/m0/s1. The molecule has 0 spiro atoms. The average molecular weight is 400 g/mol. The van der Waals surface area contributed by atoms with Crippen LogP contribution in [-0.4, -0.2) is 20.4 Å². The molecule has 0 saturated carbocycles. The molecular formula is C18H19F3N2O3S. The van der Waals surface area contributed by atoms with Crippen LogP contribution >= 0.6 is 0 Å². The molecule has 1 amide bonds. The number of anilines is 1. The smallest absolute Gasteiger partial charge is 0.350 e. The molecule has 0 fully saturated rings. The van der Waals surface area contributed by atoms with E-state index in [0.717, 1.165) is 12.1 Å². The van der Waals surface area contributed by atoms with Gasteiger partial charge in [0, 0.05) is 6.04 Å². The van der Waals surface area contributed by atoms with Gasteiger partial charge in [-0.05, 0) is 49.7 Å². The van der Waals surface area contributed by atoms with E-state index in [1.54, 1.807) is 12.1 Å². The van der Waals surface area contributed by atoms with Crippen LogP contribution in [0, 0.1) is 0 Å². The molecule has 0 heterocycles. The van der Waals surface area contributed by atoms with Gasteiger partial charge in [0.1, 0.15) is 0 Å². The van der Waals surface area contributed by atoms with Crippen LogP contribution in [-0.2, 0) is 16.2 Å². The van der Waals surface area contributed by atoms with E-state index in [0.29, 0.717) is 18.6 Å². The topological polar surface area (TPSA) is 75.3 Å². The van der Waals surface area contributed by atoms with E-state index in [4.69, 9.17) is 0 Å². The molecular weight excluding hydrogens is 381 g/mol. The number of hydrogen-bond acceptors (Lipinski definition) is 3. The van der Waals surface area contributed by atoms with E-state index in [1.165, 1.54) is 12.1 Å². The van der Waals surface area contributed by atoms with Gasteiger partial charge in [-0.1, -0.05) is 19.1 Å². The Morgan fingerprint density at radius 1 is 1.07 bits per heavy atom. The summed E-state index contributed by atoms with van der Waals surface area (Å²) in [5.74, 6) is -0.449. The quantitative estimate of drug-likeness (QED) is 0.769. The van der Waals surface area contributed by atoms with Gasteiger partial charge in [0.15, 0.2) is 0 Å². The predicted molar refractivity (Wildman–Crippen MR) is 95.9 cm³/mol. The molecule has 0 aliphatic heterocycles. The maximum Gasteiger partial charge on any atom is 0.416 e. The van der Waals surface area contributed by atoms with Crippen molar-refractivity contribution in [2.45, 2.75) is 37.4 Å². The molecule has 0 unspecified atom stereocenters. The van der Waals surface area contributed by atoms with Crippen molar-refractivity contribution in [3.05, 3.63) is 59.7 Å². The number of sulfonamides is 1. The molecule has 2 aromatic carbocycles. The van der Waals surface area contributed by atoms with Crippen LogP contribution in [0.4, 0.5) is 18.9 Å².